The Balaban J connectivity index is 2.14. The molecule has 2 heterocycles. The smallest absolute Gasteiger partial charge is 0.293 e. The highest BCUT2D eigenvalue weighted by molar-refractivity contribution is 6.45. The number of amidine groups is 1. The lowest BCUT2D eigenvalue weighted by molar-refractivity contribution is -0.113. The summed E-state index contributed by atoms with van der Waals surface area (Å²) in [7, 11) is 0. The van der Waals surface area contributed by atoms with Crippen molar-refractivity contribution in [3.63, 3.8) is 0 Å². The zero-order valence-electron chi connectivity index (χ0n) is 13.0. The summed E-state index contributed by atoms with van der Waals surface area (Å²) >= 11 is 5.80. The second-order valence-electron chi connectivity index (χ2n) is 5.22. The molecule has 10 nitrogen and oxygen atoms in total. The summed E-state index contributed by atoms with van der Waals surface area (Å²) < 4.78 is 5.32. The molecule has 0 aromatic carbocycles. The van der Waals surface area contributed by atoms with Crippen molar-refractivity contribution in [2.75, 3.05) is 6.61 Å². The number of amides is 1. The van der Waals surface area contributed by atoms with Gasteiger partial charge >= 0.3 is 0 Å². The third-order valence-electron chi connectivity index (χ3n) is 2.82. The molecular weight excluding hydrogens is 324 g/mol. The molecule has 1 atom stereocenters. The normalized spacial score (nSPS) is 23.0. The zero-order valence-corrected chi connectivity index (χ0v) is 13.8. The Morgan fingerprint density at radius 2 is 2.26 bits per heavy atom. The first kappa shape index (κ1) is 17.2. The number of nitrogens with one attached hydrogen (secondary N) is 2. The number of carbonyl (C=O) groups is 1. The molecule has 11 heteroatoms. The van der Waals surface area contributed by atoms with Crippen LogP contribution in [0.3, 0.4) is 0 Å². The van der Waals surface area contributed by atoms with Gasteiger partial charge in [-0.15, -0.1) is 0 Å². The molecule has 2 aliphatic heterocycles. The van der Waals surface area contributed by atoms with Crippen LogP contribution < -0.4 is 22.2 Å². The average Bonchev–Trinajstić information content (AvgIpc) is 2.41. The van der Waals surface area contributed by atoms with Gasteiger partial charge in [0.05, 0.1) is 12.8 Å². The van der Waals surface area contributed by atoms with Crippen LogP contribution in [0.1, 0.15) is 20.8 Å². The molecule has 0 saturated carbocycles. The quantitative estimate of drug-likeness (QED) is 0.380. The van der Waals surface area contributed by atoms with E-state index in [0.29, 0.717) is 6.61 Å². The van der Waals surface area contributed by atoms with Gasteiger partial charge in [0.1, 0.15) is 17.0 Å². The van der Waals surface area contributed by atoms with Crippen LogP contribution in [-0.2, 0) is 9.53 Å². The van der Waals surface area contributed by atoms with E-state index in [1.54, 1.807) is 13.8 Å². The van der Waals surface area contributed by atoms with Crippen LogP contribution in [0.4, 0.5) is 0 Å². The maximum Gasteiger partial charge on any atom is 0.293 e. The number of hydrogen-bond donors (Lipinski definition) is 4. The molecule has 0 fully saturated rings. The van der Waals surface area contributed by atoms with E-state index in [1.165, 1.54) is 6.20 Å². The number of hydrogen-bond acceptors (Lipinski definition) is 9. The first-order valence-electron chi connectivity index (χ1n) is 6.87. The van der Waals surface area contributed by atoms with Crippen molar-refractivity contribution in [2.45, 2.75) is 32.6 Å². The number of nitrogens with two attached hydrogens (primary N) is 2. The van der Waals surface area contributed by atoms with Gasteiger partial charge in [0.25, 0.3) is 11.9 Å². The Morgan fingerprint density at radius 1 is 1.57 bits per heavy atom. The molecule has 1 unspecified atom stereocenters. The fourth-order valence-corrected chi connectivity index (χ4v) is 2.08. The lowest BCUT2D eigenvalue weighted by atomic mass is 10.2. The Morgan fingerprint density at radius 3 is 2.91 bits per heavy atom. The standard InChI is InChI=1S/C12H19ClN8O2/c1-4-23-11-18-10(19-12(2,3)20-11)17-9(22)7-8(14)21(15)5-6(13)16-7/h5,8H,4,14-15H2,1-3H3,(H2,17,18,19,20,22). The van der Waals surface area contributed by atoms with Gasteiger partial charge < -0.3 is 10.5 Å². The number of rotatable bonds is 2. The highest BCUT2D eigenvalue weighted by atomic mass is 35.5. The number of carbonyl (C=O) groups excluding carboxylic acids is 1. The minimum Gasteiger partial charge on any atom is -0.465 e. The van der Waals surface area contributed by atoms with Crippen molar-refractivity contribution in [1.29, 1.82) is 0 Å². The molecule has 6 N–H and O–H groups in total. The Bertz CT molecular complexity index is 625. The third kappa shape index (κ3) is 4.18. The number of aliphatic imine (C=N–C) groups is 3. The second kappa shape index (κ2) is 6.52. The summed E-state index contributed by atoms with van der Waals surface area (Å²) in [6.07, 6.45) is 0.400. The van der Waals surface area contributed by atoms with Gasteiger partial charge in [0.15, 0.2) is 5.66 Å². The molecule has 2 rings (SSSR count). The SMILES string of the molecule is CCOC1=NC(C)(C)N=C(NC(=O)C2=NC(Cl)=CN(N)C2N)N1. The van der Waals surface area contributed by atoms with Gasteiger partial charge in [-0.2, -0.15) is 0 Å². The van der Waals surface area contributed by atoms with Crippen molar-refractivity contribution in [3.05, 3.63) is 11.4 Å². The molecule has 0 aromatic rings. The number of halogens is 1. The second-order valence-corrected chi connectivity index (χ2v) is 5.61. The first-order chi connectivity index (χ1) is 10.7. The van der Waals surface area contributed by atoms with E-state index in [2.05, 4.69) is 25.6 Å². The van der Waals surface area contributed by atoms with Crippen LogP contribution in [-0.4, -0.2) is 47.0 Å². The zero-order chi connectivity index (χ0) is 17.2. The van der Waals surface area contributed by atoms with Crippen molar-refractivity contribution in [3.8, 4) is 0 Å². The van der Waals surface area contributed by atoms with E-state index in [4.69, 9.17) is 27.9 Å². The minimum absolute atomic E-state index is 0.0391. The Hall–Kier alpha value is -2.17. The molecule has 23 heavy (non-hydrogen) atoms. The van der Waals surface area contributed by atoms with Gasteiger partial charge in [-0.05, 0) is 20.8 Å². The largest absolute Gasteiger partial charge is 0.465 e. The van der Waals surface area contributed by atoms with Crippen molar-refractivity contribution in [1.82, 2.24) is 15.6 Å². The molecule has 0 bridgehead atoms. The van der Waals surface area contributed by atoms with Gasteiger partial charge in [0.2, 0.25) is 5.96 Å². The maximum atomic E-state index is 12.4. The number of hydrazine groups is 1. The van der Waals surface area contributed by atoms with Crippen molar-refractivity contribution < 1.29 is 9.53 Å². The third-order valence-corrected chi connectivity index (χ3v) is 3.00. The maximum absolute atomic E-state index is 12.4. The van der Waals surface area contributed by atoms with Crippen LogP contribution in [0, 0.1) is 0 Å². The topological polar surface area (TPSA) is 143 Å². The first-order valence-corrected chi connectivity index (χ1v) is 7.25. The number of nitrogens with zero attached hydrogens (tertiary/aromatic N) is 4. The van der Waals surface area contributed by atoms with E-state index in [-0.39, 0.29) is 22.8 Å². The highest BCUT2D eigenvalue weighted by Crippen LogP contribution is 2.15. The minimum atomic E-state index is -0.922. The summed E-state index contributed by atoms with van der Waals surface area (Å²) in [6, 6.07) is 0.260. The lowest BCUT2D eigenvalue weighted by Gasteiger charge is -2.28. The van der Waals surface area contributed by atoms with Gasteiger partial charge in [-0.25, -0.2) is 20.8 Å². The predicted molar refractivity (Wildman–Crippen MR) is 87.2 cm³/mol. The Labute approximate surface area is 138 Å². The van der Waals surface area contributed by atoms with Crippen LogP contribution in [0.2, 0.25) is 0 Å². The molecule has 1 amide bonds. The molecule has 0 radical (unpaired) electrons. The van der Waals surface area contributed by atoms with E-state index >= 15 is 0 Å². The van der Waals surface area contributed by atoms with Crippen LogP contribution in [0.25, 0.3) is 0 Å². The molecule has 2 aliphatic rings. The fourth-order valence-electron chi connectivity index (χ4n) is 1.88. The van der Waals surface area contributed by atoms with Gasteiger partial charge in [-0.1, -0.05) is 11.6 Å². The average molecular weight is 343 g/mol. The van der Waals surface area contributed by atoms with Gasteiger partial charge in [0, 0.05) is 0 Å². The monoisotopic (exact) mass is 342 g/mol. The Kier molecular flexibility index (Phi) is 4.88. The lowest BCUT2D eigenvalue weighted by Crippen LogP contribution is -2.58. The fraction of sp³-hybridized carbons (Fsp3) is 0.500. The van der Waals surface area contributed by atoms with E-state index < -0.39 is 17.7 Å². The van der Waals surface area contributed by atoms with Crippen LogP contribution in [0.5, 0.6) is 0 Å². The van der Waals surface area contributed by atoms with Gasteiger partial charge in [-0.3, -0.25) is 20.4 Å². The highest BCUT2D eigenvalue weighted by Gasteiger charge is 2.30. The summed E-state index contributed by atoms with van der Waals surface area (Å²) in [4.78, 5) is 24.8. The molecule has 0 aromatic heterocycles. The van der Waals surface area contributed by atoms with Crippen LogP contribution in [0.15, 0.2) is 26.3 Å². The van der Waals surface area contributed by atoms with E-state index in [9.17, 15) is 4.79 Å². The van der Waals surface area contributed by atoms with E-state index in [1.807, 2.05) is 6.92 Å². The summed E-state index contributed by atoms with van der Waals surface area (Å²) in [5.41, 5.74) is 4.99. The van der Waals surface area contributed by atoms with Crippen LogP contribution >= 0.6 is 11.6 Å². The summed E-state index contributed by atoms with van der Waals surface area (Å²) in [6.45, 7) is 5.78. The molecule has 0 saturated heterocycles. The summed E-state index contributed by atoms with van der Waals surface area (Å²) in [5.74, 6) is 5.22. The van der Waals surface area contributed by atoms with E-state index in [0.717, 1.165) is 5.01 Å². The molecule has 0 aliphatic carbocycles. The van der Waals surface area contributed by atoms with Crippen molar-refractivity contribution >= 4 is 35.2 Å². The molecule has 0 spiro atoms. The molecule has 126 valence electrons. The van der Waals surface area contributed by atoms with Crippen molar-refractivity contribution in [2.24, 2.45) is 26.6 Å². The molecular formula is C12H19ClN8O2. The summed E-state index contributed by atoms with van der Waals surface area (Å²) in [5, 5.41) is 6.48. The number of guanidine groups is 1. The number of ether oxygens (including phenoxy) is 1. The predicted octanol–water partition coefficient (Wildman–Crippen LogP) is -0.857.